The van der Waals surface area contributed by atoms with Crippen LogP contribution in [0.25, 0.3) is 0 Å². The lowest BCUT2D eigenvalue weighted by molar-refractivity contribution is -0.156. The van der Waals surface area contributed by atoms with Crippen LogP contribution in [0.15, 0.2) is 0 Å². The van der Waals surface area contributed by atoms with Crippen molar-refractivity contribution in [3.05, 3.63) is 0 Å². The van der Waals surface area contributed by atoms with Crippen LogP contribution >= 0.6 is 0 Å². The molecule has 0 aliphatic heterocycles. The van der Waals surface area contributed by atoms with E-state index >= 15 is 0 Å². The Balaban J connectivity index is 2.75. The lowest BCUT2D eigenvalue weighted by atomic mass is 9.71. The molecule has 1 aliphatic rings. The van der Waals surface area contributed by atoms with Gasteiger partial charge in [0.1, 0.15) is 0 Å². The molecule has 1 fully saturated rings. The third kappa shape index (κ3) is 4.75. The minimum Gasteiger partial charge on any atom is -0.481 e. The Kier molecular flexibility index (Phi) is 6.68. The van der Waals surface area contributed by atoms with E-state index in [9.17, 15) is 14.7 Å². The molecular formula is C15H21N3O3. The van der Waals surface area contributed by atoms with Crippen molar-refractivity contribution in [2.45, 2.75) is 51.4 Å². The maximum atomic E-state index is 12.4. The summed E-state index contributed by atoms with van der Waals surface area (Å²) in [6.45, 7) is 0.513. The van der Waals surface area contributed by atoms with Gasteiger partial charge in [0.15, 0.2) is 0 Å². The number of amides is 1. The van der Waals surface area contributed by atoms with Gasteiger partial charge in [0.05, 0.1) is 30.4 Å². The summed E-state index contributed by atoms with van der Waals surface area (Å²) in [4.78, 5) is 25.4. The molecule has 0 aromatic carbocycles. The molecule has 0 atom stereocenters. The maximum absolute atomic E-state index is 12.4. The number of nitrogens with zero attached hydrogens (tertiary/aromatic N) is 3. The number of nitriles is 2. The van der Waals surface area contributed by atoms with Crippen molar-refractivity contribution in [3.8, 4) is 12.1 Å². The van der Waals surface area contributed by atoms with E-state index in [1.54, 1.807) is 0 Å². The highest BCUT2D eigenvalue weighted by molar-refractivity contribution is 5.85. The summed E-state index contributed by atoms with van der Waals surface area (Å²) in [5, 5.41) is 26.8. The van der Waals surface area contributed by atoms with E-state index in [1.165, 1.54) is 4.90 Å². The van der Waals surface area contributed by atoms with E-state index in [0.29, 0.717) is 12.8 Å². The highest BCUT2D eigenvalue weighted by Crippen LogP contribution is 2.40. The summed E-state index contributed by atoms with van der Waals surface area (Å²) in [5.41, 5.74) is -0.965. The third-order valence-corrected chi connectivity index (χ3v) is 4.09. The number of aliphatic carboxylic acids is 1. The summed E-state index contributed by atoms with van der Waals surface area (Å²) in [6, 6.07) is 3.94. The molecule has 1 aliphatic carbocycles. The van der Waals surface area contributed by atoms with Gasteiger partial charge in [0, 0.05) is 19.5 Å². The fourth-order valence-electron chi connectivity index (χ4n) is 2.83. The van der Waals surface area contributed by atoms with Gasteiger partial charge in [-0.15, -0.1) is 0 Å². The van der Waals surface area contributed by atoms with Crippen LogP contribution in [0.3, 0.4) is 0 Å². The second-order valence-electron chi connectivity index (χ2n) is 5.52. The van der Waals surface area contributed by atoms with Crippen molar-refractivity contribution < 1.29 is 14.7 Å². The number of hydrogen-bond donors (Lipinski definition) is 1. The Morgan fingerprint density at radius 3 is 2.00 bits per heavy atom. The van der Waals surface area contributed by atoms with Crippen molar-refractivity contribution in [2.24, 2.45) is 5.41 Å². The van der Waals surface area contributed by atoms with Gasteiger partial charge < -0.3 is 10.0 Å². The van der Waals surface area contributed by atoms with Crippen LogP contribution in [-0.4, -0.2) is 35.0 Å². The second kappa shape index (κ2) is 8.26. The average molecular weight is 291 g/mol. The molecule has 1 amide bonds. The molecule has 1 rings (SSSR count). The number of hydrogen-bond acceptors (Lipinski definition) is 4. The summed E-state index contributed by atoms with van der Waals surface area (Å²) in [7, 11) is 0. The topological polar surface area (TPSA) is 105 Å². The van der Waals surface area contributed by atoms with Crippen molar-refractivity contribution in [1.82, 2.24) is 4.90 Å². The Labute approximate surface area is 125 Å². The zero-order valence-electron chi connectivity index (χ0n) is 12.2. The molecule has 1 saturated carbocycles. The minimum atomic E-state index is -0.965. The van der Waals surface area contributed by atoms with Crippen molar-refractivity contribution >= 4 is 11.9 Å². The molecule has 1 N–H and O–H groups in total. The van der Waals surface area contributed by atoms with Crippen LogP contribution in [0.4, 0.5) is 0 Å². The SMILES string of the molecule is N#CCCN(CCC#N)C(=O)CC1(C(=O)O)CCCCC1. The predicted octanol–water partition coefficient (Wildman–Crippen LogP) is 2.07. The largest absolute Gasteiger partial charge is 0.481 e. The number of rotatable bonds is 7. The first-order valence-corrected chi connectivity index (χ1v) is 7.31. The molecule has 0 saturated heterocycles. The Bertz CT molecular complexity index is 438. The molecule has 0 aromatic heterocycles. The minimum absolute atomic E-state index is 0.0286. The molecule has 0 aromatic rings. The zero-order valence-corrected chi connectivity index (χ0v) is 12.2. The molecule has 0 spiro atoms. The van der Waals surface area contributed by atoms with Crippen LogP contribution in [0.5, 0.6) is 0 Å². The molecule has 0 heterocycles. The van der Waals surface area contributed by atoms with Crippen LogP contribution in [-0.2, 0) is 9.59 Å². The lowest BCUT2D eigenvalue weighted by Crippen LogP contribution is -2.41. The first kappa shape index (κ1) is 17.0. The zero-order chi connectivity index (χ0) is 15.7. The molecule has 114 valence electrons. The summed E-state index contributed by atoms with van der Waals surface area (Å²) in [6.07, 6.45) is 4.08. The highest BCUT2D eigenvalue weighted by Gasteiger charge is 2.42. The molecule has 0 bridgehead atoms. The van der Waals surface area contributed by atoms with Crippen molar-refractivity contribution in [2.75, 3.05) is 13.1 Å². The van der Waals surface area contributed by atoms with Crippen molar-refractivity contribution in [1.29, 1.82) is 10.5 Å². The van der Waals surface area contributed by atoms with Gasteiger partial charge in [0.25, 0.3) is 0 Å². The number of carboxylic acid groups (broad SMARTS) is 1. The Hall–Kier alpha value is -2.08. The number of carboxylic acids is 1. The van der Waals surface area contributed by atoms with Crippen molar-refractivity contribution in [3.63, 3.8) is 0 Å². The molecule has 6 heteroatoms. The van der Waals surface area contributed by atoms with Gasteiger partial charge in [-0.2, -0.15) is 10.5 Å². The predicted molar refractivity (Wildman–Crippen MR) is 74.8 cm³/mol. The molecular weight excluding hydrogens is 270 g/mol. The highest BCUT2D eigenvalue weighted by atomic mass is 16.4. The van der Waals surface area contributed by atoms with Crippen LogP contribution in [0.2, 0.25) is 0 Å². The summed E-state index contributed by atoms with van der Waals surface area (Å²) in [5.74, 6) is -1.17. The number of carbonyl (C=O) groups excluding carboxylic acids is 1. The van der Waals surface area contributed by atoms with Crippen LogP contribution in [0.1, 0.15) is 51.4 Å². The summed E-state index contributed by atoms with van der Waals surface area (Å²) < 4.78 is 0. The fraction of sp³-hybridized carbons (Fsp3) is 0.733. The van der Waals surface area contributed by atoms with E-state index in [4.69, 9.17) is 10.5 Å². The Morgan fingerprint density at radius 2 is 1.57 bits per heavy atom. The molecule has 21 heavy (non-hydrogen) atoms. The van der Waals surface area contributed by atoms with E-state index in [1.807, 2.05) is 12.1 Å². The fourth-order valence-corrected chi connectivity index (χ4v) is 2.83. The van der Waals surface area contributed by atoms with E-state index in [2.05, 4.69) is 0 Å². The first-order chi connectivity index (χ1) is 10.1. The monoisotopic (exact) mass is 291 g/mol. The van der Waals surface area contributed by atoms with Gasteiger partial charge in [0.2, 0.25) is 5.91 Å². The second-order valence-corrected chi connectivity index (χ2v) is 5.52. The summed E-state index contributed by atoms with van der Waals surface area (Å²) >= 11 is 0. The van der Waals surface area contributed by atoms with E-state index in [0.717, 1.165) is 19.3 Å². The molecule has 0 unspecified atom stereocenters. The number of carbonyl (C=O) groups is 2. The van der Waals surface area contributed by atoms with E-state index in [-0.39, 0.29) is 38.3 Å². The van der Waals surface area contributed by atoms with Gasteiger partial charge in [-0.1, -0.05) is 19.3 Å². The van der Waals surface area contributed by atoms with Gasteiger partial charge >= 0.3 is 5.97 Å². The van der Waals surface area contributed by atoms with Gasteiger partial charge in [-0.3, -0.25) is 9.59 Å². The average Bonchev–Trinajstić information content (AvgIpc) is 2.48. The smallest absolute Gasteiger partial charge is 0.310 e. The van der Waals surface area contributed by atoms with Crippen LogP contribution in [0, 0.1) is 28.1 Å². The maximum Gasteiger partial charge on any atom is 0.310 e. The molecule has 0 radical (unpaired) electrons. The standard InChI is InChI=1S/C15H21N3O3/c16-8-4-10-18(11-5-9-17)13(19)12-15(14(20)21)6-2-1-3-7-15/h1-7,10-12H2,(H,20,21). The quantitative estimate of drug-likeness (QED) is 0.773. The lowest BCUT2D eigenvalue weighted by Gasteiger charge is -2.34. The van der Waals surface area contributed by atoms with Crippen LogP contribution < -0.4 is 0 Å². The third-order valence-electron chi connectivity index (χ3n) is 4.09. The normalized spacial score (nSPS) is 16.5. The van der Waals surface area contributed by atoms with E-state index < -0.39 is 11.4 Å². The first-order valence-electron chi connectivity index (χ1n) is 7.31. The van der Waals surface area contributed by atoms with Gasteiger partial charge in [-0.05, 0) is 12.8 Å². The Morgan fingerprint density at radius 1 is 1.05 bits per heavy atom. The molecule has 6 nitrogen and oxygen atoms in total. The van der Waals surface area contributed by atoms with Gasteiger partial charge in [-0.25, -0.2) is 0 Å².